The summed E-state index contributed by atoms with van der Waals surface area (Å²) in [6.45, 7) is 1.65. The minimum absolute atomic E-state index is 0.0247. The topological polar surface area (TPSA) is 86.6 Å². The Kier molecular flexibility index (Phi) is 6.41. The first-order chi connectivity index (χ1) is 9.43. The fourth-order valence-corrected chi connectivity index (χ4v) is 2.16. The average Bonchev–Trinajstić information content (AvgIpc) is 2.37. The number of amides is 1. The second-order valence-electron chi connectivity index (χ2n) is 4.27. The van der Waals surface area contributed by atoms with Crippen molar-refractivity contribution in [2.75, 3.05) is 6.61 Å². The SMILES string of the molecule is Cc1ccc(/C=C/C(=O)N[C@H](CCO)C(=O)O)c(Br)c1. The summed E-state index contributed by atoms with van der Waals surface area (Å²) in [6.07, 6.45) is 2.84. The first-order valence-electron chi connectivity index (χ1n) is 6.02. The zero-order chi connectivity index (χ0) is 15.1. The Hall–Kier alpha value is -1.66. The van der Waals surface area contributed by atoms with Crippen molar-refractivity contribution in [2.45, 2.75) is 19.4 Å². The molecule has 0 saturated heterocycles. The number of aliphatic hydroxyl groups is 1. The third-order valence-electron chi connectivity index (χ3n) is 2.60. The lowest BCUT2D eigenvalue weighted by molar-refractivity contribution is -0.141. The highest BCUT2D eigenvalue weighted by Crippen LogP contribution is 2.19. The Labute approximate surface area is 125 Å². The van der Waals surface area contributed by atoms with Crippen LogP contribution in [0.5, 0.6) is 0 Å². The summed E-state index contributed by atoms with van der Waals surface area (Å²) in [5, 5.41) is 19.9. The van der Waals surface area contributed by atoms with Crippen molar-refractivity contribution in [3.63, 3.8) is 0 Å². The second-order valence-corrected chi connectivity index (χ2v) is 5.12. The van der Waals surface area contributed by atoms with Gasteiger partial charge in [-0.1, -0.05) is 28.1 Å². The Morgan fingerprint density at radius 2 is 2.15 bits per heavy atom. The monoisotopic (exact) mass is 341 g/mol. The Morgan fingerprint density at radius 3 is 2.70 bits per heavy atom. The van der Waals surface area contributed by atoms with E-state index in [0.29, 0.717) is 0 Å². The van der Waals surface area contributed by atoms with Crippen LogP contribution in [-0.4, -0.2) is 34.7 Å². The van der Waals surface area contributed by atoms with Gasteiger partial charge in [0, 0.05) is 23.6 Å². The van der Waals surface area contributed by atoms with E-state index >= 15 is 0 Å². The number of carbonyl (C=O) groups is 2. The third-order valence-corrected chi connectivity index (χ3v) is 3.29. The normalized spacial score (nSPS) is 12.3. The van der Waals surface area contributed by atoms with E-state index in [9.17, 15) is 9.59 Å². The van der Waals surface area contributed by atoms with Gasteiger partial charge in [0.15, 0.2) is 0 Å². The highest BCUT2D eigenvalue weighted by molar-refractivity contribution is 9.10. The maximum atomic E-state index is 11.6. The van der Waals surface area contributed by atoms with Gasteiger partial charge >= 0.3 is 5.97 Å². The molecule has 1 rings (SSSR count). The number of hydrogen-bond donors (Lipinski definition) is 3. The zero-order valence-corrected chi connectivity index (χ0v) is 12.6. The van der Waals surface area contributed by atoms with E-state index in [4.69, 9.17) is 10.2 Å². The molecule has 6 heteroatoms. The minimum Gasteiger partial charge on any atom is -0.480 e. The molecule has 1 aromatic carbocycles. The minimum atomic E-state index is -1.17. The number of aliphatic carboxylic acids is 1. The van der Waals surface area contributed by atoms with Crippen LogP contribution in [0.3, 0.4) is 0 Å². The molecule has 0 radical (unpaired) electrons. The fourth-order valence-electron chi connectivity index (χ4n) is 1.54. The van der Waals surface area contributed by atoms with Crippen LogP contribution in [0.2, 0.25) is 0 Å². The van der Waals surface area contributed by atoms with Crippen molar-refractivity contribution in [1.29, 1.82) is 0 Å². The van der Waals surface area contributed by atoms with Crippen LogP contribution in [-0.2, 0) is 9.59 Å². The number of aliphatic hydroxyl groups excluding tert-OH is 1. The zero-order valence-electron chi connectivity index (χ0n) is 11.0. The van der Waals surface area contributed by atoms with Gasteiger partial charge in [-0.15, -0.1) is 0 Å². The molecule has 20 heavy (non-hydrogen) atoms. The van der Waals surface area contributed by atoms with E-state index in [1.165, 1.54) is 6.08 Å². The van der Waals surface area contributed by atoms with Crippen molar-refractivity contribution in [3.05, 3.63) is 39.9 Å². The molecule has 0 bridgehead atoms. The van der Waals surface area contributed by atoms with Gasteiger partial charge in [-0.2, -0.15) is 0 Å². The number of carboxylic acid groups (broad SMARTS) is 1. The van der Waals surface area contributed by atoms with Crippen molar-refractivity contribution >= 4 is 33.9 Å². The van der Waals surface area contributed by atoms with Gasteiger partial charge in [-0.25, -0.2) is 4.79 Å². The number of rotatable bonds is 6. The average molecular weight is 342 g/mol. The van der Waals surface area contributed by atoms with E-state index in [1.807, 2.05) is 25.1 Å². The summed E-state index contributed by atoms with van der Waals surface area (Å²) in [5.74, 6) is -1.68. The van der Waals surface area contributed by atoms with E-state index in [2.05, 4.69) is 21.2 Å². The van der Waals surface area contributed by atoms with Crippen molar-refractivity contribution in [2.24, 2.45) is 0 Å². The molecule has 0 saturated carbocycles. The third kappa shape index (κ3) is 5.14. The van der Waals surface area contributed by atoms with Gasteiger partial charge in [-0.3, -0.25) is 4.79 Å². The van der Waals surface area contributed by atoms with Gasteiger partial charge in [0.1, 0.15) is 6.04 Å². The molecule has 0 aliphatic rings. The van der Waals surface area contributed by atoms with Gasteiger partial charge in [0.2, 0.25) is 5.91 Å². The van der Waals surface area contributed by atoms with Crippen LogP contribution < -0.4 is 5.32 Å². The lowest BCUT2D eigenvalue weighted by Gasteiger charge is -2.11. The molecular formula is C14H16BrNO4. The first-order valence-corrected chi connectivity index (χ1v) is 6.81. The van der Waals surface area contributed by atoms with Crippen LogP contribution in [0.15, 0.2) is 28.7 Å². The molecule has 1 atom stereocenters. The maximum Gasteiger partial charge on any atom is 0.326 e. The molecule has 0 aliphatic carbocycles. The molecular weight excluding hydrogens is 326 g/mol. The molecule has 1 amide bonds. The molecule has 3 N–H and O–H groups in total. The van der Waals surface area contributed by atoms with Crippen molar-refractivity contribution in [1.82, 2.24) is 5.32 Å². The molecule has 0 fully saturated rings. The first kappa shape index (κ1) is 16.4. The van der Waals surface area contributed by atoms with Gasteiger partial charge in [0.25, 0.3) is 0 Å². The summed E-state index contributed by atoms with van der Waals surface area (Å²) in [5.41, 5.74) is 1.91. The van der Waals surface area contributed by atoms with Gasteiger partial charge in [0.05, 0.1) is 0 Å². The number of carboxylic acids is 1. The predicted octanol–water partition coefficient (Wildman–Crippen LogP) is 1.72. The van der Waals surface area contributed by atoms with Crippen LogP contribution in [0.1, 0.15) is 17.5 Å². The van der Waals surface area contributed by atoms with Crippen molar-refractivity contribution < 1.29 is 19.8 Å². The second kappa shape index (κ2) is 7.81. The number of carbonyl (C=O) groups excluding carboxylic acids is 1. The summed E-state index contributed by atoms with van der Waals surface area (Å²) in [4.78, 5) is 22.5. The van der Waals surface area contributed by atoms with Crippen LogP contribution >= 0.6 is 15.9 Å². The molecule has 0 spiro atoms. The molecule has 0 unspecified atom stereocenters. The number of benzene rings is 1. The number of halogens is 1. The standard InChI is InChI=1S/C14H16BrNO4/c1-9-2-3-10(11(15)8-9)4-5-13(18)16-12(6-7-17)14(19)20/h2-5,8,12,17H,6-7H2,1H3,(H,16,18)(H,19,20)/b5-4+/t12-/m1/s1. The lowest BCUT2D eigenvalue weighted by atomic mass is 10.1. The van der Waals surface area contributed by atoms with E-state index < -0.39 is 17.9 Å². The number of nitrogens with one attached hydrogen (secondary N) is 1. The highest BCUT2D eigenvalue weighted by Gasteiger charge is 2.17. The maximum absolute atomic E-state index is 11.6. The van der Waals surface area contributed by atoms with Gasteiger partial charge in [-0.05, 0) is 30.2 Å². The molecule has 108 valence electrons. The van der Waals surface area contributed by atoms with Gasteiger partial charge < -0.3 is 15.5 Å². The van der Waals surface area contributed by atoms with E-state index in [0.717, 1.165) is 15.6 Å². The van der Waals surface area contributed by atoms with E-state index in [1.54, 1.807) is 6.08 Å². The molecule has 0 aromatic heterocycles. The Balaban J connectivity index is 2.69. The quantitative estimate of drug-likeness (QED) is 0.687. The predicted molar refractivity (Wildman–Crippen MR) is 79.2 cm³/mol. The fraction of sp³-hybridized carbons (Fsp3) is 0.286. The number of aryl methyl sites for hydroxylation is 1. The van der Waals surface area contributed by atoms with Crippen LogP contribution in [0.25, 0.3) is 6.08 Å². The summed E-state index contributed by atoms with van der Waals surface area (Å²) in [7, 11) is 0. The Morgan fingerprint density at radius 1 is 1.45 bits per heavy atom. The molecule has 0 heterocycles. The summed E-state index contributed by atoms with van der Waals surface area (Å²) in [6, 6.07) is 4.60. The van der Waals surface area contributed by atoms with Crippen LogP contribution in [0.4, 0.5) is 0 Å². The number of hydrogen-bond acceptors (Lipinski definition) is 3. The lowest BCUT2D eigenvalue weighted by Crippen LogP contribution is -2.40. The smallest absolute Gasteiger partial charge is 0.326 e. The highest BCUT2D eigenvalue weighted by atomic mass is 79.9. The largest absolute Gasteiger partial charge is 0.480 e. The summed E-state index contributed by atoms with van der Waals surface area (Å²) >= 11 is 3.39. The van der Waals surface area contributed by atoms with E-state index in [-0.39, 0.29) is 13.0 Å². The Bertz CT molecular complexity index is 528. The molecule has 0 aliphatic heterocycles. The molecule has 5 nitrogen and oxygen atoms in total. The van der Waals surface area contributed by atoms with Crippen LogP contribution in [0, 0.1) is 6.92 Å². The molecule has 1 aromatic rings. The summed E-state index contributed by atoms with van der Waals surface area (Å²) < 4.78 is 0.853. The van der Waals surface area contributed by atoms with Crippen molar-refractivity contribution in [3.8, 4) is 0 Å².